The molecule has 0 radical (unpaired) electrons. The van der Waals surface area contributed by atoms with Crippen LogP contribution in [0.2, 0.25) is 0 Å². The maximum absolute atomic E-state index is 3.99. The van der Waals surface area contributed by atoms with Gasteiger partial charge in [0.25, 0.3) is 0 Å². The van der Waals surface area contributed by atoms with Gasteiger partial charge in [-0.15, -0.1) is 5.10 Å². The fraction of sp³-hybridized carbons (Fsp3) is 0.800. The van der Waals surface area contributed by atoms with Crippen molar-refractivity contribution < 1.29 is 0 Å². The molecule has 1 aromatic heterocycles. The third-order valence-corrected chi connectivity index (χ3v) is 3.47. The van der Waals surface area contributed by atoms with E-state index in [9.17, 15) is 0 Å². The second-order valence-electron chi connectivity index (χ2n) is 4.01. The van der Waals surface area contributed by atoms with Crippen LogP contribution in [0.1, 0.15) is 37.8 Å². The predicted molar refractivity (Wildman–Crippen MR) is 58.2 cm³/mol. The molecule has 0 bridgehead atoms. The summed E-state index contributed by atoms with van der Waals surface area (Å²) in [5.41, 5.74) is 1.07. The fourth-order valence-electron chi connectivity index (χ4n) is 2.08. The lowest BCUT2D eigenvalue weighted by Crippen LogP contribution is -2.17. The van der Waals surface area contributed by atoms with Gasteiger partial charge in [0.15, 0.2) is 0 Å². The maximum atomic E-state index is 3.99. The van der Waals surface area contributed by atoms with Crippen LogP contribution in [0.15, 0.2) is 5.38 Å². The molecule has 1 aliphatic carbocycles. The summed E-state index contributed by atoms with van der Waals surface area (Å²) in [6.45, 7) is 2.01. The minimum absolute atomic E-state index is 0.878. The second kappa shape index (κ2) is 5.41. The number of nitrogens with zero attached hydrogens (tertiary/aromatic N) is 2. The number of hydrogen-bond donors (Lipinski definition) is 1. The average molecular weight is 211 g/mol. The Morgan fingerprint density at radius 2 is 2.29 bits per heavy atom. The van der Waals surface area contributed by atoms with Crippen LogP contribution >= 0.6 is 11.5 Å². The first-order valence-electron chi connectivity index (χ1n) is 5.42. The van der Waals surface area contributed by atoms with Gasteiger partial charge >= 0.3 is 0 Å². The minimum Gasteiger partial charge on any atom is -0.311 e. The summed E-state index contributed by atoms with van der Waals surface area (Å²) in [6.07, 6.45) is 7.11. The highest BCUT2D eigenvalue weighted by Gasteiger charge is 2.13. The Morgan fingerprint density at radius 3 is 3.00 bits per heavy atom. The van der Waals surface area contributed by atoms with Gasteiger partial charge in [-0.3, -0.25) is 0 Å². The molecule has 3 nitrogen and oxygen atoms in total. The van der Waals surface area contributed by atoms with Gasteiger partial charge in [0, 0.05) is 11.9 Å². The highest BCUT2D eigenvalue weighted by Crippen LogP contribution is 2.26. The van der Waals surface area contributed by atoms with E-state index in [2.05, 4.69) is 14.9 Å². The zero-order valence-corrected chi connectivity index (χ0v) is 9.22. The molecule has 0 saturated heterocycles. The Hall–Kier alpha value is -0.480. The summed E-state index contributed by atoms with van der Waals surface area (Å²) in [6, 6.07) is 0. The maximum Gasteiger partial charge on any atom is 0.0893 e. The van der Waals surface area contributed by atoms with E-state index in [0.717, 1.165) is 24.7 Å². The molecule has 1 aromatic rings. The van der Waals surface area contributed by atoms with Crippen LogP contribution in [0, 0.1) is 5.92 Å². The standard InChI is InChI=1S/C10H17N3S/c1-2-4-9(3-1)5-6-11-7-10-8-14-13-12-10/h8-9,11H,1-7H2. The molecule has 14 heavy (non-hydrogen) atoms. The highest BCUT2D eigenvalue weighted by molar-refractivity contribution is 7.03. The van der Waals surface area contributed by atoms with Crippen LogP contribution in [0.25, 0.3) is 0 Å². The van der Waals surface area contributed by atoms with Gasteiger partial charge in [-0.05, 0) is 30.4 Å². The van der Waals surface area contributed by atoms with Crippen molar-refractivity contribution in [1.82, 2.24) is 14.9 Å². The van der Waals surface area contributed by atoms with Crippen LogP contribution in [0.5, 0.6) is 0 Å². The summed E-state index contributed by atoms with van der Waals surface area (Å²) < 4.78 is 3.83. The third kappa shape index (κ3) is 3.03. The van der Waals surface area contributed by atoms with E-state index in [1.165, 1.54) is 43.6 Å². The molecule has 78 valence electrons. The molecule has 1 heterocycles. The monoisotopic (exact) mass is 211 g/mol. The van der Waals surface area contributed by atoms with Crippen LogP contribution in [0.3, 0.4) is 0 Å². The molecule has 0 spiro atoms. The van der Waals surface area contributed by atoms with E-state index in [0.29, 0.717) is 0 Å². The summed E-state index contributed by atoms with van der Waals surface area (Å²) in [7, 11) is 0. The molecular weight excluding hydrogens is 194 g/mol. The van der Waals surface area contributed by atoms with Crippen molar-refractivity contribution in [3.05, 3.63) is 11.1 Å². The van der Waals surface area contributed by atoms with Gasteiger partial charge in [-0.2, -0.15) is 0 Å². The van der Waals surface area contributed by atoms with Crippen LogP contribution in [0.4, 0.5) is 0 Å². The first kappa shape index (κ1) is 10.1. The van der Waals surface area contributed by atoms with E-state index in [1.807, 2.05) is 5.38 Å². The van der Waals surface area contributed by atoms with Crippen molar-refractivity contribution in [1.29, 1.82) is 0 Å². The van der Waals surface area contributed by atoms with Gasteiger partial charge in [0.1, 0.15) is 0 Å². The molecule has 0 aliphatic heterocycles. The van der Waals surface area contributed by atoms with Crippen molar-refractivity contribution in [3.8, 4) is 0 Å². The molecule has 4 heteroatoms. The van der Waals surface area contributed by atoms with Gasteiger partial charge in [0.05, 0.1) is 5.69 Å². The Morgan fingerprint density at radius 1 is 1.43 bits per heavy atom. The lowest BCUT2D eigenvalue weighted by molar-refractivity contribution is 0.476. The molecule has 1 N–H and O–H groups in total. The van der Waals surface area contributed by atoms with Crippen molar-refractivity contribution in [3.63, 3.8) is 0 Å². The predicted octanol–water partition coefficient (Wildman–Crippen LogP) is 2.21. The topological polar surface area (TPSA) is 37.8 Å². The number of hydrogen-bond acceptors (Lipinski definition) is 4. The largest absolute Gasteiger partial charge is 0.311 e. The molecule has 1 saturated carbocycles. The third-order valence-electron chi connectivity index (χ3n) is 2.92. The zero-order valence-electron chi connectivity index (χ0n) is 8.41. The van der Waals surface area contributed by atoms with E-state index in [-0.39, 0.29) is 0 Å². The number of aromatic nitrogens is 2. The molecular formula is C10H17N3S. The Balaban J connectivity index is 1.55. The lowest BCUT2D eigenvalue weighted by atomic mass is 10.0. The van der Waals surface area contributed by atoms with E-state index in [1.54, 1.807) is 0 Å². The summed E-state index contributed by atoms with van der Waals surface area (Å²) in [5, 5.41) is 9.41. The number of rotatable bonds is 5. The zero-order chi connectivity index (χ0) is 9.64. The molecule has 0 aromatic carbocycles. The van der Waals surface area contributed by atoms with Gasteiger partial charge in [-0.1, -0.05) is 30.2 Å². The van der Waals surface area contributed by atoms with Crippen LogP contribution in [-0.4, -0.2) is 16.1 Å². The highest BCUT2D eigenvalue weighted by atomic mass is 32.1. The Labute approximate surface area is 89.1 Å². The van der Waals surface area contributed by atoms with Crippen molar-refractivity contribution in [2.75, 3.05) is 6.54 Å². The molecule has 0 atom stereocenters. The first-order chi connectivity index (χ1) is 6.95. The minimum atomic E-state index is 0.878. The molecule has 0 unspecified atom stereocenters. The van der Waals surface area contributed by atoms with Gasteiger partial charge in [0.2, 0.25) is 0 Å². The second-order valence-corrected chi connectivity index (χ2v) is 4.62. The van der Waals surface area contributed by atoms with Crippen molar-refractivity contribution in [2.45, 2.75) is 38.6 Å². The van der Waals surface area contributed by atoms with E-state index >= 15 is 0 Å². The smallest absolute Gasteiger partial charge is 0.0893 e. The molecule has 2 rings (SSSR count). The van der Waals surface area contributed by atoms with Crippen molar-refractivity contribution >= 4 is 11.5 Å². The normalized spacial score (nSPS) is 17.7. The summed E-state index contributed by atoms with van der Waals surface area (Å²) >= 11 is 1.42. The van der Waals surface area contributed by atoms with Gasteiger partial charge in [-0.25, -0.2) is 0 Å². The summed E-state index contributed by atoms with van der Waals surface area (Å²) in [4.78, 5) is 0. The van der Waals surface area contributed by atoms with Crippen molar-refractivity contribution in [2.24, 2.45) is 5.92 Å². The fourth-order valence-corrected chi connectivity index (χ4v) is 2.53. The summed E-state index contributed by atoms with van der Waals surface area (Å²) in [5.74, 6) is 0.982. The lowest BCUT2D eigenvalue weighted by Gasteiger charge is -2.08. The quantitative estimate of drug-likeness (QED) is 0.759. The van der Waals surface area contributed by atoms with Crippen LogP contribution in [-0.2, 0) is 6.54 Å². The Kier molecular flexibility index (Phi) is 3.89. The molecule has 1 fully saturated rings. The van der Waals surface area contributed by atoms with E-state index in [4.69, 9.17) is 0 Å². The molecule has 0 amide bonds. The average Bonchev–Trinajstić information content (AvgIpc) is 2.86. The van der Waals surface area contributed by atoms with E-state index < -0.39 is 0 Å². The van der Waals surface area contributed by atoms with Crippen LogP contribution < -0.4 is 5.32 Å². The number of nitrogens with one attached hydrogen (secondary N) is 1. The Bertz CT molecular complexity index is 242. The molecule has 1 aliphatic rings. The van der Waals surface area contributed by atoms with Gasteiger partial charge < -0.3 is 5.32 Å². The SMILES string of the molecule is c1snnc1CNCCC1CCCC1. The first-order valence-corrected chi connectivity index (χ1v) is 6.25.